The average molecular weight is 232 g/mol. The molecule has 5 N–H and O–H groups in total. The van der Waals surface area contributed by atoms with E-state index in [-0.39, 0.29) is 12.1 Å². The molecule has 17 heavy (non-hydrogen) atoms. The van der Waals surface area contributed by atoms with Crippen molar-refractivity contribution in [2.45, 2.75) is 38.3 Å². The van der Waals surface area contributed by atoms with Gasteiger partial charge in [-0.1, -0.05) is 25.8 Å². The Hall–Kier alpha value is -1.39. The molecule has 1 aromatic carbocycles. The molecule has 0 saturated carbocycles. The molecule has 2 atom stereocenters. The van der Waals surface area contributed by atoms with Crippen molar-refractivity contribution in [3.05, 3.63) is 30.0 Å². The SMILES string of the molecule is CCCCC(N)C(N)c1ccc2[nH]ncc2c1. The minimum Gasteiger partial charge on any atom is -0.326 e. The first kappa shape index (κ1) is 12.1. The number of nitrogens with one attached hydrogen (secondary N) is 1. The van der Waals surface area contributed by atoms with Crippen LogP contribution < -0.4 is 11.5 Å². The van der Waals surface area contributed by atoms with Gasteiger partial charge >= 0.3 is 0 Å². The van der Waals surface area contributed by atoms with Crippen molar-refractivity contribution < 1.29 is 0 Å². The lowest BCUT2D eigenvalue weighted by Crippen LogP contribution is -2.33. The summed E-state index contributed by atoms with van der Waals surface area (Å²) in [6.07, 6.45) is 5.06. The van der Waals surface area contributed by atoms with E-state index in [9.17, 15) is 0 Å². The summed E-state index contributed by atoms with van der Waals surface area (Å²) in [6.45, 7) is 2.16. The minimum atomic E-state index is -0.0964. The van der Waals surface area contributed by atoms with Gasteiger partial charge in [0.25, 0.3) is 0 Å². The molecule has 2 rings (SSSR count). The summed E-state index contributed by atoms with van der Waals surface area (Å²) >= 11 is 0. The molecule has 4 heteroatoms. The lowest BCUT2D eigenvalue weighted by atomic mass is 9.96. The number of rotatable bonds is 5. The van der Waals surface area contributed by atoms with Crippen molar-refractivity contribution in [3.63, 3.8) is 0 Å². The molecule has 0 amide bonds. The standard InChI is InChI=1S/C13H20N4/c1-2-3-4-11(14)13(15)9-5-6-12-10(7-9)8-16-17-12/h5-8,11,13H,2-4,14-15H2,1H3,(H,16,17). The zero-order chi connectivity index (χ0) is 12.3. The fraction of sp³-hybridized carbons (Fsp3) is 0.462. The summed E-state index contributed by atoms with van der Waals surface area (Å²) in [4.78, 5) is 0. The molecule has 1 aromatic heterocycles. The van der Waals surface area contributed by atoms with Crippen LogP contribution in [0.25, 0.3) is 10.9 Å². The van der Waals surface area contributed by atoms with Gasteiger partial charge in [-0.3, -0.25) is 5.10 Å². The molecule has 0 saturated heterocycles. The van der Waals surface area contributed by atoms with Crippen LogP contribution in [0.5, 0.6) is 0 Å². The highest BCUT2D eigenvalue weighted by Crippen LogP contribution is 2.20. The Morgan fingerprint density at radius 1 is 1.35 bits per heavy atom. The highest BCUT2D eigenvalue weighted by Gasteiger charge is 2.15. The highest BCUT2D eigenvalue weighted by molar-refractivity contribution is 5.78. The Kier molecular flexibility index (Phi) is 3.76. The van der Waals surface area contributed by atoms with Gasteiger partial charge in [0.05, 0.1) is 11.7 Å². The van der Waals surface area contributed by atoms with Gasteiger partial charge in [-0.05, 0) is 24.1 Å². The fourth-order valence-electron chi connectivity index (χ4n) is 2.04. The van der Waals surface area contributed by atoms with E-state index in [1.165, 1.54) is 0 Å². The second-order valence-electron chi connectivity index (χ2n) is 4.55. The van der Waals surface area contributed by atoms with Crippen molar-refractivity contribution in [2.75, 3.05) is 0 Å². The minimum absolute atomic E-state index is 0.0271. The summed E-state index contributed by atoms with van der Waals surface area (Å²) in [5, 5.41) is 8.01. The van der Waals surface area contributed by atoms with Gasteiger partial charge in [-0.25, -0.2) is 0 Å². The van der Waals surface area contributed by atoms with Crippen LogP contribution in [0, 0.1) is 0 Å². The van der Waals surface area contributed by atoms with E-state index in [0.29, 0.717) is 0 Å². The maximum absolute atomic E-state index is 6.18. The number of unbranched alkanes of at least 4 members (excludes halogenated alkanes) is 1. The smallest absolute Gasteiger partial charge is 0.0650 e. The number of hydrogen-bond acceptors (Lipinski definition) is 3. The second kappa shape index (κ2) is 5.29. The number of fused-ring (bicyclic) bond motifs is 1. The summed E-state index contributed by atoms with van der Waals surface area (Å²) in [5.74, 6) is 0. The topological polar surface area (TPSA) is 80.7 Å². The van der Waals surface area contributed by atoms with E-state index < -0.39 is 0 Å². The lowest BCUT2D eigenvalue weighted by molar-refractivity contribution is 0.493. The molecule has 0 aliphatic heterocycles. The van der Waals surface area contributed by atoms with Crippen LogP contribution in [0.4, 0.5) is 0 Å². The highest BCUT2D eigenvalue weighted by atomic mass is 15.1. The van der Waals surface area contributed by atoms with Gasteiger partial charge in [0.1, 0.15) is 0 Å². The molecule has 0 fully saturated rings. The van der Waals surface area contributed by atoms with Gasteiger partial charge in [0, 0.05) is 17.5 Å². The normalized spacial score (nSPS) is 15.0. The number of aromatic amines is 1. The molecular formula is C13H20N4. The maximum atomic E-state index is 6.18. The first-order valence-electron chi connectivity index (χ1n) is 6.16. The first-order valence-corrected chi connectivity index (χ1v) is 6.16. The van der Waals surface area contributed by atoms with E-state index in [0.717, 1.165) is 35.7 Å². The van der Waals surface area contributed by atoms with Crippen molar-refractivity contribution >= 4 is 10.9 Å². The van der Waals surface area contributed by atoms with Crippen molar-refractivity contribution in [1.29, 1.82) is 0 Å². The lowest BCUT2D eigenvalue weighted by Gasteiger charge is -2.20. The number of aromatic nitrogens is 2. The van der Waals surface area contributed by atoms with Crippen LogP contribution in [0.1, 0.15) is 37.8 Å². The Morgan fingerprint density at radius 2 is 2.18 bits per heavy atom. The summed E-state index contributed by atoms with van der Waals surface area (Å²) in [6, 6.07) is 6.02. The Labute approximate surface area is 101 Å². The zero-order valence-corrected chi connectivity index (χ0v) is 10.2. The molecule has 0 bridgehead atoms. The molecule has 0 aliphatic rings. The van der Waals surface area contributed by atoms with E-state index in [2.05, 4.69) is 23.2 Å². The van der Waals surface area contributed by atoms with E-state index in [1.54, 1.807) is 0 Å². The maximum Gasteiger partial charge on any atom is 0.0650 e. The molecule has 2 unspecified atom stereocenters. The predicted molar refractivity (Wildman–Crippen MR) is 70.5 cm³/mol. The molecule has 0 spiro atoms. The van der Waals surface area contributed by atoms with E-state index in [1.807, 2.05) is 18.3 Å². The van der Waals surface area contributed by atoms with Crippen LogP contribution in [0.15, 0.2) is 24.4 Å². The Morgan fingerprint density at radius 3 is 2.94 bits per heavy atom. The number of hydrogen-bond donors (Lipinski definition) is 3. The van der Waals surface area contributed by atoms with Gasteiger partial charge in [0.2, 0.25) is 0 Å². The fourth-order valence-corrected chi connectivity index (χ4v) is 2.04. The molecule has 0 radical (unpaired) electrons. The molecule has 1 heterocycles. The summed E-state index contributed by atoms with van der Waals surface area (Å²) in [5.41, 5.74) is 14.4. The number of nitrogens with two attached hydrogens (primary N) is 2. The Balaban J connectivity index is 2.14. The monoisotopic (exact) mass is 232 g/mol. The van der Waals surface area contributed by atoms with Crippen LogP contribution in [0.3, 0.4) is 0 Å². The number of benzene rings is 1. The molecule has 92 valence electrons. The number of nitrogens with zero attached hydrogens (tertiary/aromatic N) is 1. The Bertz CT molecular complexity index is 477. The summed E-state index contributed by atoms with van der Waals surface area (Å²) < 4.78 is 0. The van der Waals surface area contributed by atoms with Gasteiger partial charge < -0.3 is 11.5 Å². The van der Waals surface area contributed by atoms with Gasteiger partial charge in [0.15, 0.2) is 0 Å². The average Bonchev–Trinajstić information content (AvgIpc) is 2.81. The largest absolute Gasteiger partial charge is 0.326 e. The van der Waals surface area contributed by atoms with Crippen LogP contribution >= 0.6 is 0 Å². The van der Waals surface area contributed by atoms with Gasteiger partial charge in [-0.2, -0.15) is 5.10 Å². The molecular weight excluding hydrogens is 212 g/mol. The summed E-state index contributed by atoms with van der Waals surface area (Å²) in [7, 11) is 0. The van der Waals surface area contributed by atoms with Crippen molar-refractivity contribution in [1.82, 2.24) is 10.2 Å². The third kappa shape index (κ3) is 2.65. The molecule has 4 nitrogen and oxygen atoms in total. The quantitative estimate of drug-likeness (QED) is 0.738. The van der Waals surface area contributed by atoms with Crippen molar-refractivity contribution in [3.8, 4) is 0 Å². The zero-order valence-electron chi connectivity index (χ0n) is 10.2. The van der Waals surface area contributed by atoms with Gasteiger partial charge in [-0.15, -0.1) is 0 Å². The van der Waals surface area contributed by atoms with E-state index >= 15 is 0 Å². The third-order valence-corrected chi connectivity index (χ3v) is 3.20. The van der Waals surface area contributed by atoms with Crippen LogP contribution in [-0.2, 0) is 0 Å². The number of H-pyrrole nitrogens is 1. The first-order chi connectivity index (χ1) is 8.22. The predicted octanol–water partition coefficient (Wildman–Crippen LogP) is 2.08. The van der Waals surface area contributed by atoms with Crippen LogP contribution in [0.2, 0.25) is 0 Å². The van der Waals surface area contributed by atoms with Crippen LogP contribution in [-0.4, -0.2) is 16.2 Å². The second-order valence-corrected chi connectivity index (χ2v) is 4.55. The van der Waals surface area contributed by atoms with Crippen molar-refractivity contribution in [2.24, 2.45) is 11.5 Å². The third-order valence-electron chi connectivity index (χ3n) is 3.20. The molecule has 2 aromatic rings. The van der Waals surface area contributed by atoms with E-state index in [4.69, 9.17) is 11.5 Å². The molecule has 0 aliphatic carbocycles.